The van der Waals surface area contributed by atoms with E-state index >= 15 is 0 Å². The third-order valence-corrected chi connectivity index (χ3v) is 3.33. The molecule has 0 bridgehead atoms. The SMILES string of the molecule is CC(C)(CCO)Nc1ccc(S(N)(=O)=O)cc1. The van der Waals surface area contributed by atoms with Crippen LogP contribution in [0.25, 0.3) is 0 Å². The van der Waals surface area contributed by atoms with E-state index in [1.165, 1.54) is 12.1 Å². The van der Waals surface area contributed by atoms with Gasteiger partial charge in [-0.25, -0.2) is 13.6 Å². The van der Waals surface area contributed by atoms with Crippen molar-refractivity contribution >= 4 is 15.7 Å². The largest absolute Gasteiger partial charge is 0.396 e. The number of nitrogens with one attached hydrogen (secondary N) is 1. The number of benzene rings is 1. The standard InChI is InChI=1S/C11H18N2O3S/c1-11(2,7-8-14)13-9-3-5-10(6-4-9)17(12,15)16/h3-6,13-14H,7-8H2,1-2H3,(H2,12,15,16). The van der Waals surface area contributed by atoms with Gasteiger partial charge in [-0.05, 0) is 44.5 Å². The number of nitrogens with two attached hydrogens (primary N) is 1. The first kappa shape index (κ1) is 14.0. The van der Waals surface area contributed by atoms with E-state index in [1.807, 2.05) is 13.8 Å². The van der Waals surface area contributed by atoms with Crippen LogP contribution in [0.5, 0.6) is 0 Å². The number of primary sulfonamides is 1. The van der Waals surface area contributed by atoms with Crippen molar-refractivity contribution < 1.29 is 13.5 Å². The molecule has 0 unspecified atom stereocenters. The predicted molar refractivity (Wildman–Crippen MR) is 67.2 cm³/mol. The van der Waals surface area contributed by atoms with Crippen LogP contribution in [0.2, 0.25) is 0 Å². The molecule has 0 saturated heterocycles. The molecule has 6 heteroatoms. The lowest BCUT2D eigenvalue weighted by Crippen LogP contribution is -2.31. The Labute approximate surface area is 102 Å². The molecular weight excluding hydrogens is 240 g/mol. The summed E-state index contributed by atoms with van der Waals surface area (Å²) in [6, 6.07) is 6.21. The van der Waals surface area contributed by atoms with Gasteiger partial charge in [-0.3, -0.25) is 0 Å². The zero-order valence-electron chi connectivity index (χ0n) is 9.97. The van der Waals surface area contributed by atoms with E-state index in [9.17, 15) is 8.42 Å². The molecule has 1 rings (SSSR count). The summed E-state index contributed by atoms with van der Waals surface area (Å²) in [7, 11) is -3.64. The Morgan fingerprint density at radius 1 is 1.29 bits per heavy atom. The van der Waals surface area contributed by atoms with Gasteiger partial charge in [0.15, 0.2) is 0 Å². The predicted octanol–water partition coefficient (Wildman–Crippen LogP) is 0.907. The number of aliphatic hydroxyl groups excluding tert-OH is 1. The number of anilines is 1. The monoisotopic (exact) mass is 258 g/mol. The lowest BCUT2D eigenvalue weighted by Gasteiger charge is -2.26. The zero-order chi connectivity index (χ0) is 13.1. The summed E-state index contributed by atoms with van der Waals surface area (Å²) < 4.78 is 22.1. The van der Waals surface area contributed by atoms with Crippen LogP contribution < -0.4 is 10.5 Å². The fraction of sp³-hybridized carbons (Fsp3) is 0.455. The number of rotatable bonds is 5. The fourth-order valence-electron chi connectivity index (χ4n) is 1.46. The first-order chi connectivity index (χ1) is 7.74. The average molecular weight is 258 g/mol. The van der Waals surface area contributed by atoms with Crippen LogP contribution in [-0.4, -0.2) is 25.7 Å². The van der Waals surface area contributed by atoms with E-state index in [4.69, 9.17) is 10.2 Å². The average Bonchev–Trinajstić information content (AvgIpc) is 2.16. The summed E-state index contributed by atoms with van der Waals surface area (Å²) in [4.78, 5) is 0.0861. The Balaban J connectivity index is 2.82. The highest BCUT2D eigenvalue weighted by molar-refractivity contribution is 7.89. The van der Waals surface area contributed by atoms with Gasteiger partial charge < -0.3 is 10.4 Å². The van der Waals surface area contributed by atoms with Crippen molar-refractivity contribution in [2.45, 2.75) is 30.7 Å². The molecule has 0 aromatic heterocycles. The molecule has 0 heterocycles. The molecule has 0 amide bonds. The lowest BCUT2D eigenvalue weighted by molar-refractivity contribution is 0.261. The van der Waals surface area contributed by atoms with Crippen LogP contribution in [0.3, 0.4) is 0 Å². The Kier molecular flexibility index (Phi) is 4.13. The maximum absolute atomic E-state index is 11.1. The van der Waals surface area contributed by atoms with Crippen LogP contribution in [0, 0.1) is 0 Å². The van der Waals surface area contributed by atoms with Crippen molar-refractivity contribution in [1.29, 1.82) is 0 Å². The summed E-state index contributed by atoms with van der Waals surface area (Å²) in [5.41, 5.74) is 0.536. The normalized spacial score (nSPS) is 12.5. The van der Waals surface area contributed by atoms with Crippen molar-refractivity contribution in [3.63, 3.8) is 0 Å². The minimum Gasteiger partial charge on any atom is -0.396 e. The maximum atomic E-state index is 11.1. The minimum absolute atomic E-state index is 0.0861. The Morgan fingerprint density at radius 3 is 2.24 bits per heavy atom. The van der Waals surface area contributed by atoms with Gasteiger partial charge in [0.1, 0.15) is 0 Å². The quantitative estimate of drug-likeness (QED) is 0.732. The topological polar surface area (TPSA) is 92.4 Å². The van der Waals surface area contributed by atoms with E-state index in [0.717, 1.165) is 5.69 Å². The highest BCUT2D eigenvalue weighted by Crippen LogP contribution is 2.19. The van der Waals surface area contributed by atoms with E-state index in [-0.39, 0.29) is 17.0 Å². The summed E-state index contributed by atoms with van der Waals surface area (Å²) in [6.45, 7) is 4.00. The molecule has 0 spiro atoms. The number of sulfonamides is 1. The van der Waals surface area contributed by atoms with Crippen LogP contribution >= 0.6 is 0 Å². The van der Waals surface area contributed by atoms with E-state index in [2.05, 4.69) is 5.32 Å². The number of aliphatic hydroxyl groups is 1. The Morgan fingerprint density at radius 2 is 1.82 bits per heavy atom. The van der Waals surface area contributed by atoms with Crippen molar-refractivity contribution in [2.75, 3.05) is 11.9 Å². The zero-order valence-corrected chi connectivity index (χ0v) is 10.8. The third kappa shape index (κ3) is 4.33. The van der Waals surface area contributed by atoms with Crippen LogP contribution in [0.4, 0.5) is 5.69 Å². The van der Waals surface area contributed by atoms with Crippen molar-refractivity contribution in [2.24, 2.45) is 5.14 Å². The summed E-state index contributed by atoms with van der Waals surface area (Å²) in [6.07, 6.45) is 0.601. The van der Waals surface area contributed by atoms with Crippen LogP contribution in [-0.2, 0) is 10.0 Å². The first-order valence-corrected chi connectivity index (χ1v) is 6.81. The highest BCUT2D eigenvalue weighted by Gasteiger charge is 2.16. The molecule has 0 aliphatic rings. The molecule has 5 nitrogen and oxygen atoms in total. The van der Waals surface area contributed by atoms with Crippen molar-refractivity contribution in [3.8, 4) is 0 Å². The molecule has 0 aliphatic carbocycles. The van der Waals surface area contributed by atoms with Gasteiger partial charge in [0.25, 0.3) is 0 Å². The molecule has 1 aromatic rings. The van der Waals surface area contributed by atoms with E-state index < -0.39 is 10.0 Å². The second-order valence-electron chi connectivity index (χ2n) is 4.55. The van der Waals surface area contributed by atoms with Gasteiger partial charge in [0.05, 0.1) is 4.90 Å². The highest BCUT2D eigenvalue weighted by atomic mass is 32.2. The van der Waals surface area contributed by atoms with Gasteiger partial charge in [0.2, 0.25) is 10.0 Å². The second kappa shape index (κ2) is 5.03. The second-order valence-corrected chi connectivity index (χ2v) is 6.11. The third-order valence-electron chi connectivity index (χ3n) is 2.40. The summed E-state index contributed by atoms with van der Waals surface area (Å²) >= 11 is 0. The number of hydrogen-bond acceptors (Lipinski definition) is 4. The van der Waals surface area contributed by atoms with Crippen LogP contribution in [0.1, 0.15) is 20.3 Å². The number of hydrogen-bond donors (Lipinski definition) is 3. The first-order valence-electron chi connectivity index (χ1n) is 5.26. The van der Waals surface area contributed by atoms with E-state index in [0.29, 0.717) is 6.42 Å². The van der Waals surface area contributed by atoms with Crippen LogP contribution in [0.15, 0.2) is 29.2 Å². The maximum Gasteiger partial charge on any atom is 0.238 e. The molecule has 0 atom stereocenters. The molecule has 17 heavy (non-hydrogen) atoms. The van der Waals surface area contributed by atoms with Gasteiger partial charge in [-0.1, -0.05) is 0 Å². The molecule has 0 saturated carbocycles. The minimum atomic E-state index is -3.64. The molecule has 4 N–H and O–H groups in total. The molecule has 1 aromatic carbocycles. The van der Waals surface area contributed by atoms with Crippen molar-refractivity contribution in [1.82, 2.24) is 0 Å². The molecule has 0 radical (unpaired) electrons. The van der Waals surface area contributed by atoms with Crippen molar-refractivity contribution in [3.05, 3.63) is 24.3 Å². The van der Waals surface area contributed by atoms with Gasteiger partial charge in [-0.2, -0.15) is 0 Å². The molecule has 0 aliphatic heterocycles. The molecule has 96 valence electrons. The smallest absolute Gasteiger partial charge is 0.238 e. The summed E-state index contributed by atoms with van der Waals surface area (Å²) in [5, 5.41) is 17.1. The fourth-order valence-corrected chi connectivity index (χ4v) is 1.98. The van der Waals surface area contributed by atoms with Gasteiger partial charge in [0, 0.05) is 17.8 Å². The Hall–Kier alpha value is -1.11. The summed E-state index contributed by atoms with van der Waals surface area (Å²) in [5.74, 6) is 0. The molecule has 0 fully saturated rings. The van der Waals surface area contributed by atoms with E-state index in [1.54, 1.807) is 12.1 Å². The lowest BCUT2D eigenvalue weighted by atomic mass is 10.0. The Bertz CT molecular complexity index is 466. The van der Waals surface area contributed by atoms with Gasteiger partial charge >= 0.3 is 0 Å². The van der Waals surface area contributed by atoms with Gasteiger partial charge in [-0.15, -0.1) is 0 Å². The molecular formula is C11H18N2O3S.